The summed E-state index contributed by atoms with van der Waals surface area (Å²) in [7, 11) is 1.43. The Labute approximate surface area is 246 Å². The van der Waals surface area contributed by atoms with Gasteiger partial charge < -0.3 is 14.6 Å². The first-order valence-electron chi connectivity index (χ1n) is 13.6. The Hall–Kier alpha value is -3.68. The number of carbonyl (C=O) groups excluding carboxylic acids is 1. The van der Waals surface area contributed by atoms with E-state index in [-0.39, 0.29) is 36.7 Å². The molecule has 4 rings (SSSR count). The Morgan fingerprint density at radius 2 is 1.83 bits per heavy atom. The minimum Gasteiger partial charge on any atom is -0.496 e. The number of methoxy groups -OCH3 is 1. The number of nitrogens with zero attached hydrogens (tertiary/aromatic N) is 5. The van der Waals surface area contributed by atoms with Crippen LogP contribution >= 0.6 is 11.3 Å². The maximum atomic E-state index is 14.5. The van der Waals surface area contributed by atoms with Gasteiger partial charge in [-0.2, -0.15) is 10.2 Å². The van der Waals surface area contributed by atoms with Gasteiger partial charge in [0.05, 0.1) is 49.7 Å². The quantitative estimate of drug-likeness (QED) is 0.258. The van der Waals surface area contributed by atoms with Gasteiger partial charge in [-0.1, -0.05) is 25.2 Å². The van der Waals surface area contributed by atoms with Crippen molar-refractivity contribution in [3.8, 4) is 10.8 Å². The van der Waals surface area contributed by atoms with Crippen molar-refractivity contribution in [2.75, 3.05) is 13.7 Å². The minimum absolute atomic E-state index is 0.0297. The van der Waals surface area contributed by atoms with Crippen LogP contribution in [0.1, 0.15) is 64.3 Å². The highest BCUT2D eigenvalue weighted by Crippen LogP contribution is 2.34. The van der Waals surface area contributed by atoms with Gasteiger partial charge in [0.1, 0.15) is 27.5 Å². The summed E-state index contributed by atoms with van der Waals surface area (Å²) in [5.74, 6) is -0.448. The number of aryl methyl sites for hydroxylation is 1. The predicted octanol–water partition coefficient (Wildman–Crippen LogP) is 3.97. The molecule has 0 aliphatic heterocycles. The molecular formula is C29H36FN5O6S. The van der Waals surface area contributed by atoms with Crippen LogP contribution in [0.15, 0.2) is 40.2 Å². The summed E-state index contributed by atoms with van der Waals surface area (Å²) in [5, 5.41) is 19.6. The van der Waals surface area contributed by atoms with Gasteiger partial charge in [0.15, 0.2) is 5.78 Å². The fraction of sp³-hybridized carbons (Fsp3) is 0.483. The number of benzene rings is 1. The Bertz CT molecular complexity index is 1700. The van der Waals surface area contributed by atoms with Crippen LogP contribution in [0.4, 0.5) is 4.39 Å². The predicted molar refractivity (Wildman–Crippen MR) is 157 cm³/mol. The van der Waals surface area contributed by atoms with E-state index in [0.29, 0.717) is 26.7 Å². The van der Waals surface area contributed by atoms with Crippen LogP contribution in [0, 0.1) is 18.7 Å². The standard InChI is InChI=1S/C29H36FN5O6S/c1-16(2)12-21(36)18(4)34-25(37)24-17(3)26(35-31-10-11-32-35)42-27(24)33(28(34)38)14-23(41-15-29(5,6)39)20-13-19(30)8-9-22(20)40-7/h8-11,13,16,18,23,39H,12,14-15H2,1-7H3/t18-,23-/m0/s1. The number of hydrogen-bond donors (Lipinski definition) is 1. The van der Waals surface area contributed by atoms with Gasteiger partial charge in [0.2, 0.25) is 0 Å². The molecule has 0 aliphatic carbocycles. The van der Waals surface area contributed by atoms with E-state index in [1.807, 2.05) is 13.8 Å². The fourth-order valence-electron chi connectivity index (χ4n) is 4.75. The summed E-state index contributed by atoms with van der Waals surface area (Å²) in [6.07, 6.45) is 2.20. The average molecular weight is 602 g/mol. The van der Waals surface area contributed by atoms with Crippen LogP contribution in [0.5, 0.6) is 5.75 Å². The van der Waals surface area contributed by atoms with Gasteiger partial charge in [-0.05, 0) is 51.8 Å². The lowest BCUT2D eigenvalue weighted by molar-refractivity contribution is -0.122. The molecule has 226 valence electrons. The number of rotatable bonds is 12. The van der Waals surface area contributed by atoms with Crippen molar-refractivity contribution in [1.82, 2.24) is 24.1 Å². The van der Waals surface area contributed by atoms with Crippen LogP contribution in [-0.4, -0.2) is 54.3 Å². The lowest BCUT2D eigenvalue weighted by Gasteiger charge is -2.26. The second-order valence-corrected chi connectivity index (χ2v) is 12.3. The summed E-state index contributed by atoms with van der Waals surface area (Å²) in [5.41, 5.74) is -1.70. The van der Waals surface area contributed by atoms with Crippen LogP contribution in [0.25, 0.3) is 15.2 Å². The topological polar surface area (TPSA) is 130 Å². The molecule has 1 aromatic carbocycles. The molecular weight excluding hydrogens is 565 g/mol. The largest absolute Gasteiger partial charge is 0.496 e. The van der Waals surface area contributed by atoms with E-state index in [4.69, 9.17) is 9.47 Å². The highest BCUT2D eigenvalue weighted by atomic mass is 32.1. The highest BCUT2D eigenvalue weighted by molar-refractivity contribution is 7.21. The summed E-state index contributed by atoms with van der Waals surface area (Å²) in [4.78, 5) is 42.9. The molecule has 0 fully saturated rings. The van der Waals surface area contributed by atoms with Crippen molar-refractivity contribution in [3.63, 3.8) is 0 Å². The zero-order chi connectivity index (χ0) is 30.9. The Kier molecular flexibility index (Phi) is 9.14. The van der Waals surface area contributed by atoms with Gasteiger partial charge in [-0.3, -0.25) is 14.2 Å². The third-order valence-electron chi connectivity index (χ3n) is 6.81. The SMILES string of the molecule is COc1ccc(F)cc1[C@H](Cn1c(=O)n([C@@H](C)C(=O)CC(C)C)c(=O)c2c(C)c(-n3nccn3)sc21)OCC(C)(C)O. The van der Waals surface area contributed by atoms with Gasteiger partial charge in [0, 0.05) is 17.5 Å². The third-order valence-corrected chi connectivity index (χ3v) is 8.09. The number of aliphatic hydroxyl groups is 1. The van der Waals surface area contributed by atoms with Crippen molar-refractivity contribution in [2.45, 2.75) is 72.3 Å². The fourth-order valence-corrected chi connectivity index (χ4v) is 5.97. The molecule has 2 atom stereocenters. The number of thiophene rings is 1. The minimum atomic E-state index is -1.24. The van der Waals surface area contributed by atoms with Gasteiger partial charge in [-0.15, -0.1) is 4.80 Å². The number of fused-ring (bicyclic) bond motifs is 1. The number of Topliss-reactive ketones (excluding diaryl/α,β-unsaturated/α-hetero) is 1. The number of ketones is 1. The Morgan fingerprint density at radius 1 is 1.17 bits per heavy atom. The molecule has 0 saturated carbocycles. The van der Waals surface area contributed by atoms with Crippen LogP contribution in [0.2, 0.25) is 0 Å². The average Bonchev–Trinajstić information content (AvgIpc) is 3.55. The zero-order valence-corrected chi connectivity index (χ0v) is 25.6. The monoisotopic (exact) mass is 601 g/mol. The second-order valence-electron chi connectivity index (χ2n) is 11.3. The maximum Gasteiger partial charge on any atom is 0.332 e. The van der Waals surface area contributed by atoms with Crippen molar-refractivity contribution < 1.29 is 23.8 Å². The van der Waals surface area contributed by atoms with E-state index >= 15 is 0 Å². The van der Waals surface area contributed by atoms with E-state index in [2.05, 4.69) is 10.2 Å². The van der Waals surface area contributed by atoms with Crippen molar-refractivity contribution in [1.29, 1.82) is 0 Å². The molecule has 13 heteroatoms. The molecule has 0 spiro atoms. The normalized spacial score (nSPS) is 13.6. The second kappa shape index (κ2) is 12.3. The van der Waals surface area contributed by atoms with Crippen molar-refractivity contribution in [2.24, 2.45) is 5.92 Å². The summed E-state index contributed by atoms with van der Waals surface area (Å²) in [6, 6.07) is 2.91. The molecule has 11 nitrogen and oxygen atoms in total. The molecule has 3 aromatic heterocycles. The first-order chi connectivity index (χ1) is 19.7. The lowest BCUT2D eigenvalue weighted by atomic mass is 10.0. The lowest BCUT2D eigenvalue weighted by Crippen LogP contribution is -2.44. The van der Waals surface area contributed by atoms with E-state index in [1.54, 1.807) is 27.7 Å². The zero-order valence-electron chi connectivity index (χ0n) is 24.8. The van der Waals surface area contributed by atoms with E-state index in [1.165, 1.54) is 47.1 Å². The molecule has 0 radical (unpaired) electrons. The van der Waals surface area contributed by atoms with Gasteiger partial charge in [0.25, 0.3) is 5.56 Å². The maximum absolute atomic E-state index is 14.5. The third kappa shape index (κ3) is 6.37. The number of halogens is 1. The van der Waals surface area contributed by atoms with Gasteiger partial charge in [-0.25, -0.2) is 13.8 Å². The van der Waals surface area contributed by atoms with E-state index < -0.39 is 34.8 Å². The summed E-state index contributed by atoms with van der Waals surface area (Å²) < 4.78 is 28.4. The number of hydrogen-bond acceptors (Lipinski definition) is 9. The Balaban J connectivity index is 2.00. The van der Waals surface area contributed by atoms with Crippen LogP contribution in [-0.2, 0) is 16.1 Å². The summed E-state index contributed by atoms with van der Waals surface area (Å²) >= 11 is 1.14. The molecule has 3 heterocycles. The molecule has 1 N–H and O–H groups in total. The van der Waals surface area contributed by atoms with Crippen LogP contribution < -0.4 is 16.0 Å². The molecule has 0 amide bonds. The number of aromatic nitrogens is 5. The molecule has 0 saturated heterocycles. The first-order valence-corrected chi connectivity index (χ1v) is 14.4. The Morgan fingerprint density at radius 3 is 2.43 bits per heavy atom. The number of carbonyl (C=O) groups is 1. The molecule has 0 unspecified atom stereocenters. The molecule has 0 bridgehead atoms. The molecule has 0 aliphatic rings. The van der Waals surface area contributed by atoms with E-state index in [0.717, 1.165) is 15.9 Å². The summed E-state index contributed by atoms with van der Waals surface area (Å²) in [6.45, 7) is 9.84. The first kappa shape index (κ1) is 31.3. The van der Waals surface area contributed by atoms with Crippen LogP contribution in [0.3, 0.4) is 0 Å². The smallest absolute Gasteiger partial charge is 0.332 e. The van der Waals surface area contributed by atoms with E-state index in [9.17, 15) is 23.9 Å². The van der Waals surface area contributed by atoms with Crippen molar-refractivity contribution in [3.05, 3.63) is 68.4 Å². The number of ether oxygens (including phenoxy) is 2. The molecule has 4 aromatic rings. The van der Waals surface area contributed by atoms with Crippen molar-refractivity contribution >= 4 is 27.3 Å². The molecule has 42 heavy (non-hydrogen) atoms. The van der Waals surface area contributed by atoms with Gasteiger partial charge >= 0.3 is 5.69 Å². The highest BCUT2D eigenvalue weighted by Gasteiger charge is 2.29.